The van der Waals surface area contributed by atoms with Crippen molar-refractivity contribution in [1.29, 1.82) is 0 Å². The quantitative estimate of drug-likeness (QED) is 0.214. The largest absolute Gasteiger partial charge is 0.456 e. The average Bonchev–Trinajstić information content (AvgIpc) is 3.01. The molecular formula is C36H24NO2P. The summed E-state index contributed by atoms with van der Waals surface area (Å²) >= 11 is 0. The van der Waals surface area contributed by atoms with E-state index < -0.39 is 7.92 Å². The van der Waals surface area contributed by atoms with Gasteiger partial charge in [0.1, 0.15) is 23.0 Å². The van der Waals surface area contributed by atoms with Crippen molar-refractivity contribution in [1.82, 2.24) is 4.98 Å². The molecule has 5 aromatic carbocycles. The van der Waals surface area contributed by atoms with Gasteiger partial charge in [-0.05, 0) is 77.2 Å². The Balaban J connectivity index is 1.38. The van der Waals surface area contributed by atoms with Gasteiger partial charge < -0.3 is 9.47 Å². The third kappa shape index (κ3) is 3.74. The Morgan fingerprint density at radius 3 is 1.75 bits per heavy atom. The SMILES string of the molecule is Cc1cncc(-c2ccc3c4c2Oc2ccc(-c5ccccc5)cc2P4c2cc(-c4ccccc4)ccc2O3)c1. The van der Waals surface area contributed by atoms with E-state index in [1.54, 1.807) is 0 Å². The first kappa shape index (κ1) is 23.2. The molecule has 0 radical (unpaired) electrons. The molecule has 6 aromatic rings. The van der Waals surface area contributed by atoms with E-state index in [4.69, 9.17) is 9.47 Å². The van der Waals surface area contributed by atoms with Crippen molar-refractivity contribution in [3.05, 3.63) is 133 Å². The van der Waals surface area contributed by atoms with Crippen LogP contribution in [0.25, 0.3) is 33.4 Å². The number of fused-ring (bicyclic) bond motifs is 4. The smallest absolute Gasteiger partial charge is 0.147 e. The van der Waals surface area contributed by atoms with Crippen LogP contribution in [0.5, 0.6) is 23.0 Å². The molecule has 1 unspecified atom stereocenters. The van der Waals surface area contributed by atoms with Crippen LogP contribution in [0.15, 0.2) is 128 Å². The molecular weight excluding hydrogens is 509 g/mol. The second-order valence-corrected chi connectivity index (χ2v) is 12.3. The minimum atomic E-state index is -0.949. The zero-order valence-corrected chi connectivity index (χ0v) is 22.7. The van der Waals surface area contributed by atoms with Crippen molar-refractivity contribution in [3.63, 3.8) is 0 Å². The van der Waals surface area contributed by atoms with Crippen LogP contribution in [0.3, 0.4) is 0 Å². The number of pyridine rings is 1. The molecule has 0 N–H and O–H groups in total. The summed E-state index contributed by atoms with van der Waals surface area (Å²) in [7, 11) is -0.949. The average molecular weight is 534 g/mol. The van der Waals surface area contributed by atoms with E-state index in [1.165, 1.54) is 32.9 Å². The van der Waals surface area contributed by atoms with Gasteiger partial charge in [0.2, 0.25) is 0 Å². The summed E-state index contributed by atoms with van der Waals surface area (Å²) in [4.78, 5) is 4.47. The minimum Gasteiger partial charge on any atom is -0.456 e. The highest BCUT2D eigenvalue weighted by molar-refractivity contribution is 7.80. The molecule has 0 fully saturated rings. The molecule has 1 aromatic heterocycles. The van der Waals surface area contributed by atoms with Crippen LogP contribution in [0.1, 0.15) is 5.56 Å². The maximum Gasteiger partial charge on any atom is 0.147 e. The lowest BCUT2D eigenvalue weighted by atomic mass is 10.0. The zero-order valence-electron chi connectivity index (χ0n) is 21.8. The van der Waals surface area contributed by atoms with Crippen molar-refractivity contribution >= 4 is 23.8 Å². The van der Waals surface area contributed by atoms with Crippen molar-refractivity contribution in [3.8, 4) is 56.4 Å². The Labute approximate surface area is 234 Å². The zero-order chi connectivity index (χ0) is 26.6. The fraction of sp³-hybridized carbons (Fsp3) is 0.0278. The molecule has 0 amide bonds. The van der Waals surface area contributed by atoms with Crippen LogP contribution < -0.4 is 25.4 Å². The molecule has 0 spiro atoms. The summed E-state index contributed by atoms with van der Waals surface area (Å²) in [5, 5.41) is 3.54. The number of hydrogen-bond acceptors (Lipinski definition) is 3. The number of nitrogens with zero attached hydrogens (tertiary/aromatic N) is 1. The van der Waals surface area contributed by atoms with Gasteiger partial charge >= 0.3 is 0 Å². The predicted octanol–water partition coefficient (Wildman–Crippen LogP) is 8.36. The van der Waals surface area contributed by atoms with E-state index >= 15 is 0 Å². The number of benzene rings is 5. The van der Waals surface area contributed by atoms with Crippen LogP contribution in [0.4, 0.5) is 0 Å². The van der Waals surface area contributed by atoms with Crippen molar-refractivity contribution < 1.29 is 9.47 Å². The fourth-order valence-electron chi connectivity index (χ4n) is 5.66. The van der Waals surface area contributed by atoms with Crippen LogP contribution in [0, 0.1) is 6.92 Å². The molecule has 40 heavy (non-hydrogen) atoms. The van der Waals surface area contributed by atoms with Gasteiger partial charge in [0, 0.05) is 42.1 Å². The highest BCUT2D eigenvalue weighted by atomic mass is 31.1. The van der Waals surface area contributed by atoms with Gasteiger partial charge in [0.25, 0.3) is 0 Å². The second kappa shape index (κ2) is 9.19. The minimum absolute atomic E-state index is 0.862. The number of aryl methyl sites for hydroxylation is 1. The van der Waals surface area contributed by atoms with E-state index in [2.05, 4.69) is 127 Å². The van der Waals surface area contributed by atoms with Crippen LogP contribution in [-0.4, -0.2) is 4.98 Å². The number of hydrogen-bond donors (Lipinski definition) is 0. The summed E-state index contributed by atoms with van der Waals surface area (Å²) in [6, 6.07) is 40.6. The number of ether oxygens (including phenoxy) is 2. The maximum atomic E-state index is 6.78. The van der Waals surface area contributed by atoms with Gasteiger partial charge in [-0.25, -0.2) is 0 Å². The van der Waals surface area contributed by atoms with Gasteiger partial charge in [0.15, 0.2) is 0 Å². The first-order valence-corrected chi connectivity index (χ1v) is 14.7. The van der Waals surface area contributed by atoms with E-state index in [0.717, 1.165) is 45.0 Å². The van der Waals surface area contributed by atoms with E-state index in [-0.39, 0.29) is 0 Å². The summed E-state index contributed by atoms with van der Waals surface area (Å²) in [6.45, 7) is 2.07. The van der Waals surface area contributed by atoms with Crippen LogP contribution in [-0.2, 0) is 0 Å². The lowest BCUT2D eigenvalue weighted by Crippen LogP contribution is -2.32. The monoisotopic (exact) mass is 533 g/mol. The van der Waals surface area contributed by atoms with Crippen molar-refractivity contribution in [2.45, 2.75) is 6.92 Å². The lowest BCUT2D eigenvalue weighted by molar-refractivity contribution is 0.468. The predicted molar refractivity (Wildman–Crippen MR) is 164 cm³/mol. The van der Waals surface area contributed by atoms with E-state index in [1.807, 2.05) is 12.4 Å². The van der Waals surface area contributed by atoms with Gasteiger partial charge in [0.05, 0.1) is 5.30 Å². The molecule has 3 heterocycles. The Morgan fingerprint density at radius 2 is 1.12 bits per heavy atom. The molecule has 0 saturated heterocycles. The molecule has 8 rings (SSSR count). The van der Waals surface area contributed by atoms with Crippen molar-refractivity contribution in [2.24, 2.45) is 0 Å². The van der Waals surface area contributed by atoms with E-state index in [0.29, 0.717) is 0 Å². The van der Waals surface area contributed by atoms with Crippen molar-refractivity contribution in [2.75, 3.05) is 0 Å². The summed E-state index contributed by atoms with van der Waals surface area (Å²) in [5.74, 6) is 3.54. The molecule has 2 aliphatic rings. The molecule has 1 atom stereocenters. The maximum absolute atomic E-state index is 6.78. The van der Waals surface area contributed by atoms with Gasteiger partial charge in [-0.3, -0.25) is 4.98 Å². The molecule has 2 aliphatic heterocycles. The number of aromatic nitrogens is 1. The normalized spacial score (nSPS) is 14.3. The number of rotatable bonds is 3. The molecule has 3 nitrogen and oxygen atoms in total. The first-order valence-electron chi connectivity index (χ1n) is 13.4. The Hall–Kier alpha value is -4.72. The standard InChI is InChI=1S/C36H24NO2P/c1-23-18-28(22-37-21-23)29-14-17-32-36-35(29)39-31-16-13-27(25-10-6-3-7-11-25)20-34(31)40(36)33-19-26(12-15-30(33)38-32)24-8-4-2-5-9-24/h2-22H,1H3. The highest BCUT2D eigenvalue weighted by Gasteiger charge is 2.38. The molecule has 0 bridgehead atoms. The molecule has 190 valence electrons. The Kier molecular flexibility index (Phi) is 5.33. The molecule has 4 heteroatoms. The van der Waals surface area contributed by atoms with Crippen LogP contribution in [0.2, 0.25) is 0 Å². The fourth-order valence-corrected chi connectivity index (χ4v) is 8.32. The lowest BCUT2D eigenvalue weighted by Gasteiger charge is -2.36. The van der Waals surface area contributed by atoms with Gasteiger partial charge in [-0.15, -0.1) is 0 Å². The third-order valence-electron chi connectivity index (χ3n) is 7.55. The molecule has 0 saturated carbocycles. The van der Waals surface area contributed by atoms with E-state index in [9.17, 15) is 0 Å². The topological polar surface area (TPSA) is 31.4 Å². The van der Waals surface area contributed by atoms with Gasteiger partial charge in [-0.2, -0.15) is 0 Å². The third-order valence-corrected chi connectivity index (χ3v) is 10.1. The summed E-state index contributed by atoms with van der Waals surface area (Å²) < 4.78 is 13.4. The Bertz CT molecular complexity index is 1870. The summed E-state index contributed by atoms with van der Waals surface area (Å²) in [5.41, 5.74) is 7.94. The Morgan fingerprint density at radius 1 is 0.525 bits per heavy atom. The molecule has 0 aliphatic carbocycles. The van der Waals surface area contributed by atoms with Crippen LogP contribution >= 0.6 is 7.92 Å². The highest BCUT2D eigenvalue weighted by Crippen LogP contribution is 2.55. The summed E-state index contributed by atoms with van der Waals surface area (Å²) in [6.07, 6.45) is 3.79. The second-order valence-electron chi connectivity index (χ2n) is 10.2. The van der Waals surface area contributed by atoms with Gasteiger partial charge in [-0.1, -0.05) is 72.8 Å². The first-order chi connectivity index (χ1) is 19.7.